The molecule has 0 spiro atoms. The first-order chi connectivity index (χ1) is 9.38. The number of aromatic nitrogens is 3. The molecule has 0 aliphatic heterocycles. The quantitative estimate of drug-likeness (QED) is 0.670. The van der Waals surface area contributed by atoms with E-state index in [-0.39, 0.29) is 0 Å². The van der Waals surface area contributed by atoms with Crippen LogP contribution in [0.5, 0.6) is 0 Å². The van der Waals surface area contributed by atoms with Gasteiger partial charge in [0.15, 0.2) is 11.6 Å². The molecule has 0 fully saturated rings. The molecule has 2 heterocycles. The normalized spacial score (nSPS) is 11.4. The van der Waals surface area contributed by atoms with Gasteiger partial charge in [-0.15, -0.1) is 0 Å². The van der Waals surface area contributed by atoms with Gasteiger partial charge in [-0.3, -0.25) is 0 Å². The van der Waals surface area contributed by atoms with Gasteiger partial charge in [-0.1, -0.05) is 18.2 Å². The molecule has 4 heteroatoms. The van der Waals surface area contributed by atoms with E-state index in [0.29, 0.717) is 5.82 Å². The van der Waals surface area contributed by atoms with Gasteiger partial charge in [-0.25, -0.2) is 15.0 Å². The van der Waals surface area contributed by atoms with Crippen molar-refractivity contribution in [3.63, 3.8) is 0 Å². The van der Waals surface area contributed by atoms with Crippen molar-refractivity contribution in [3.05, 3.63) is 54.5 Å². The van der Waals surface area contributed by atoms with Crippen LogP contribution in [0.4, 0.5) is 5.82 Å². The molecule has 0 radical (unpaired) electrons. The fraction of sp³-hybridized carbons (Fsp3) is 0.133. The molecule has 0 N–H and O–H groups in total. The van der Waals surface area contributed by atoms with E-state index >= 15 is 0 Å². The molecule has 4 nitrogen and oxygen atoms in total. The Bertz CT molecular complexity index is 713. The number of aryl methyl sites for hydroxylation is 1. The van der Waals surface area contributed by atoms with E-state index < -0.39 is 0 Å². The van der Waals surface area contributed by atoms with Gasteiger partial charge in [0.1, 0.15) is 0 Å². The summed E-state index contributed by atoms with van der Waals surface area (Å²) in [5.74, 6) is 1.55. The average molecular weight is 250 g/mol. The van der Waals surface area contributed by atoms with Crippen molar-refractivity contribution in [2.24, 2.45) is 4.99 Å². The van der Waals surface area contributed by atoms with Crippen LogP contribution in [0.3, 0.4) is 0 Å². The van der Waals surface area contributed by atoms with Crippen molar-refractivity contribution in [1.82, 2.24) is 14.5 Å². The van der Waals surface area contributed by atoms with Crippen LogP contribution in [-0.4, -0.2) is 20.7 Å². The SMILES string of the molecule is CCn1c(/C=N/c2ccccn2)nc2ccccc21. The molecule has 0 saturated heterocycles. The van der Waals surface area contributed by atoms with Gasteiger partial charge in [0.25, 0.3) is 0 Å². The van der Waals surface area contributed by atoms with Gasteiger partial charge in [-0.05, 0) is 31.2 Å². The molecule has 94 valence electrons. The van der Waals surface area contributed by atoms with E-state index in [1.165, 1.54) is 0 Å². The lowest BCUT2D eigenvalue weighted by Gasteiger charge is -2.01. The maximum atomic E-state index is 4.58. The van der Waals surface area contributed by atoms with Crippen LogP contribution in [0.25, 0.3) is 11.0 Å². The Hall–Kier alpha value is -2.49. The zero-order valence-corrected chi connectivity index (χ0v) is 10.7. The predicted octanol–water partition coefficient (Wildman–Crippen LogP) is 3.20. The van der Waals surface area contributed by atoms with Crippen molar-refractivity contribution in [2.75, 3.05) is 0 Å². The topological polar surface area (TPSA) is 43.1 Å². The second-order valence-corrected chi connectivity index (χ2v) is 4.15. The molecule has 1 aromatic carbocycles. The average Bonchev–Trinajstić information content (AvgIpc) is 2.83. The fourth-order valence-electron chi connectivity index (χ4n) is 2.08. The van der Waals surface area contributed by atoms with Crippen LogP contribution >= 0.6 is 0 Å². The highest BCUT2D eigenvalue weighted by Crippen LogP contribution is 2.15. The standard InChI is InChI=1S/C15H14N4/c1-2-19-13-8-4-3-7-12(13)18-15(19)11-17-14-9-5-6-10-16-14/h3-11H,2H2,1H3/b17-11+. The molecular formula is C15H14N4. The number of hydrogen-bond acceptors (Lipinski definition) is 3. The van der Waals surface area contributed by atoms with Crippen molar-refractivity contribution < 1.29 is 0 Å². The molecule has 2 aromatic heterocycles. The number of pyridine rings is 1. The third-order valence-corrected chi connectivity index (χ3v) is 2.96. The van der Waals surface area contributed by atoms with Gasteiger partial charge in [0, 0.05) is 12.7 Å². The first kappa shape index (κ1) is 11.6. The van der Waals surface area contributed by atoms with Crippen LogP contribution in [0, 0.1) is 0 Å². The molecule has 0 aliphatic rings. The van der Waals surface area contributed by atoms with Gasteiger partial charge in [0.05, 0.1) is 17.2 Å². The van der Waals surface area contributed by atoms with E-state index in [9.17, 15) is 0 Å². The molecule has 0 unspecified atom stereocenters. The van der Waals surface area contributed by atoms with Gasteiger partial charge in [-0.2, -0.15) is 0 Å². The Morgan fingerprint density at radius 1 is 1.16 bits per heavy atom. The Balaban J connectivity index is 2.03. The van der Waals surface area contributed by atoms with Crippen molar-refractivity contribution >= 4 is 23.1 Å². The number of aliphatic imine (C=N–C) groups is 1. The number of hydrogen-bond donors (Lipinski definition) is 0. The van der Waals surface area contributed by atoms with Gasteiger partial charge < -0.3 is 4.57 Å². The maximum absolute atomic E-state index is 4.58. The number of para-hydroxylation sites is 2. The monoisotopic (exact) mass is 250 g/mol. The van der Waals surface area contributed by atoms with Crippen molar-refractivity contribution in [3.8, 4) is 0 Å². The first-order valence-corrected chi connectivity index (χ1v) is 6.29. The van der Waals surface area contributed by atoms with Crippen LogP contribution in [-0.2, 0) is 6.54 Å². The number of imidazole rings is 1. The summed E-state index contributed by atoms with van der Waals surface area (Å²) in [5, 5.41) is 0. The number of nitrogens with zero attached hydrogens (tertiary/aromatic N) is 4. The summed E-state index contributed by atoms with van der Waals surface area (Å²) in [5.41, 5.74) is 2.12. The highest BCUT2D eigenvalue weighted by Gasteiger charge is 2.06. The Morgan fingerprint density at radius 2 is 2.00 bits per heavy atom. The van der Waals surface area contributed by atoms with Crippen molar-refractivity contribution in [2.45, 2.75) is 13.5 Å². The Labute approximate surface area is 111 Å². The summed E-state index contributed by atoms with van der Waals surface area (Å²) >= 11 is 0. The molecule has 0 saturated carbocycles. The second kappa shape index (κ2) is 5.02. The highest BCUT2D eigenvalue weighted by atomic mass is 15.1. The number of rotatable bonds is 3. The van der Waals surface area contributed by atoms with E-state index in [4.69, 9.17) is 0 Å². The predicted molar refractivity (Wildman–Crippen MR) is 76.9 cm³/mol. The number of benzene rings is 1. The summed E-state index contributed by atoms with van der Waals surface area (Å²) in [6, 6.07) is 13.8. The summed E-state index contributed by atoms with van der Waals surface area (Å²) in [6.07, 6.45) is 3.50. The maximum Gasteiger partial charge on any atom is 0.152 e. The minimum Gasteiger partial charge on any atom is -0.323 e. The fourth-order valence-corrected chi connectivity index (χ4v) is 2.08. The Kier molecular flexibility index (Phi) is 3.06. The summed E-state index contributed by atoms with van der Waals surface area (Å²) in [6.45, 7) is 2.97. The van der Waals surface area contributed by atoms with Crippen LogP contribution < -0.4 is 0 Å². The van der Waals surface area contributed by atoms with E-state index in [0.717, 1.165) is 23.4 Å². The highest BCUT2D eigenvalue weighted by molar-refractivity contribution is 5.85. The van der Waals surface area contributed by atoms with Crippen LogP contribution in [0.15, 0.2) is 53.7 Å². The lowest BCUT2D eigenvalue weighted by atomic mass is 10.3. The van der Waals surface area contributed by atoms with E-state index in [1.54, 1.807) is 12.4 Å². The van der Waals surface area contributed by atoms with E-state index in [1.807, 2.05) is 36.4 Å². The molecule has 3 rings (SSSR count). The molecular weight excluding hydrogens is 236 g/mol. The smallest absolute Gasteiger partial charge is 0.152 e. The first-order valence-electron chi connectivity index (χ1n) is 6.29. The summed E-state index contributed by atoms with van der Waals surface area (Å²) in [4.78, 5) is 13.1. The Morgan fingerprint density at radius 3 is 2.79 bits per heavy atom. The molecule has 0 bridgehead atoms. The zero-order valence-electron chi connectivity index (χ0n) is 10.7. The lowest BCUT2D eigenvalue weighted by molar-refractivity contribution is 0.780. The largest absolute Gasteiger partial charge is 0.323 e. The van der Waals surface area contributed by atoms with Crippen molar-refractivity contribution in [1.29, 1.82) is 0 Å². The molecule has 0 amide bonds. The summed E-state index contributed by atoms with van der Waals surface area (Å²) in [7, 11) is 0. The lowest BCUT2D eigenvalue weighted by Crippen LogP contribution is -2.00. The minimum atomic E-state index is 0.692. The molecule has 3 aromatic rings. The van der Waals surface area contributed by atoms with Gasteiger partial charge in [0.2, 0.25) is 0 Å². The molecule has 0 aliphatic carbocycles. The second-order valence-electron chi connectivity index (χ2n) is 4.15. The molecule has 0 atom stereocenters. The van der Waals surface area contributed by atoms with Gasteiger partial charge >= 0.3 is 0 Å². The molecule has 19 heavy (non-hydrogen) atoms. The minimum absolute atomic E-state index is 0.692. The third kappa shape index (κ3) is 2.25. The van der Waals surface area contributed by atoms with E-state index in [2.05, 4.69) is 32.5 Å². The third-order valence-electron chi connectivity index (χ3n) is 2.96. The summed E-state index contributed by atoms with van der Waals surface area (Å²) < 4.78 is 2.14. The van der Waals surface area contributed by atoms with Crippen LogP contribution in [0.2, 0.25) is 0 Å². The van der Waals surface area contributed by atoms with Crippen LogP contribution in [0.1, 0.15) is 12.7 Å². The zero-order chi connectivity index (χ0) is 13.1. The number of fused-ring (bicyclic) bond motifs is 1.